The molecule has 2 aromatic carbocycles. The third kappa shape index (κ3) is 4.51. The second-order valence-electron chi connectivity index (χ2n) is 5.95. The summed E-state index contributed by atoms with van der Waals surface area (Å²) in [5.41, 5.74) is 2.43. The predicted molar refractivity (Wildman–Crippen MR) is 99.7 cm³/mol. The van der Waals surface area contributed by atoms with Crippen LogP contribution < -0.4 is 15.0 Å². The summed E-state index contributed by atoms with van der Waals surface area (Å²) >= 11 is 0. The summed E-state index contributed by atoms with van der Waals surface area (Å²) in [4.78, 5) is 14.9. The first-order chi connectivity index (χ1) is 12.3. The lowest BCUT2D eigenvalue weighted by atomic mass is 10.1. The minimum absolute atomic E-state index is 0.136. The van der Waals surface area contributed by atoms with Gasteiger partial charge in [-0.15, -0.1) is 0 Å². The largest absolute Gasteiger partial charge is 0.494 e. The summed E-state index contributed by atoms with van der Waals surface area (Å²) in [6.45, 7) is 5.77. The number of rotatable bonds is 6. The van der Waals surface area contributed by atoms with Crippen molar-refractivity contribution in [3.63, 3.8) is 0 Å². The molecule has 132 valence electrons. The molecule has 2 aromatic rings. The monoisotopic (exact) mass is 340 g/mol. The molecule has 25 heavy (non-hydrogen) atoms. The Bertz CT molecular complexity index is 712. The number of anilines is 2. The molecule has 1 N–H and O–H groups in total. The molecule has 0 bridgehead atoms. The van der Waals surface area contributed by atoms with Crippen molar-refractivity contribution in [3.05, 3.63) is 54.1 Å². The maximum absolute atomic E-state index is 12.7. The zero-order chi connectivity index (χ0) is 17.5. The van der Waals surface area contributed by atoms with Crippen LogP contribution in [0.4, 0.5) is 11.4 Å². The normalized spacial score (nSPS) is 14.2. The van der Waals surface area contributed by atoms with E-state index in [0.29, 0.717) is 25.4 Å². The summed E-state index contributed by atoms with van der Waals surface area (Å²) in [5, 5.41) is 3.03. The number of nitrogens with zero attached hydrogens (tertiary/aromatic N) is 1. The number of para-hydroxylation sites is 2. The van der Waals surface area contributed by atoms with Crippen molar-refractivity contribution in [2.45, 2.75) is 13.3 Å². The van der Waals surface area contributed by atoms with Crippen LogP contribution in [0, 0.1) is 0 Å². The first kappa shape index (κ1) is 17.3. The Morgan fingerprint density at radius 1 is 1.16 bits per heavy atom. The van der Waals surface area contributed by atoms with Gasteiger partial charge in [-0.25, -0.2) is 0 Å². The lowest BCUT2D eigenvalue weighted by molar-refractivity contribution is 0.102. The number of ether oxygens (including phenoxy) is 2. The second kappa shape index (κ2) is 8.53. The highest BCUT2D eigenvalue weighted by molar-refractivity contribution is 6.06. The van der Waals surface area contributed by atoms with E-state index in [9.17, 15) is 4.79 Å². The molecule has 1 heterocycles. The van der Waals surface area contributed by atoms with Crippen molar-refractivity contribution in [1.29, 1.82) is 0 Å². The van der Waals surface area contributed by atoms with Crippen LogP contribution in [-0.4, -0.2) is 38.8 Å². The smallest absolute Gasteiger partial charge is 0.255 e. The van der Waals surface area contributed by atoms with E-state index in [1.54, 1.807) is 12.1 Å². The zero-order valence-corrected chi connectivity index (χ0v) is 14.5. The molecule has 0 saturated carbocycles. The predicted octanol–water partition coefficient (Wildman–Crippen LogP) is 3.56. The van der Waals surface area contributed by atoms with Crippen molar-refractivity contribution in [2.24, 2.45) is 0 Å². The number of amides is 1. The maximum atomic E-state index is 12.7. The Morgan fingerprint density at radius 2 is 1.96 bits per heavy atom. The Kier molecular flexibility index (Phi) is 5.90. The van der Waals surface area contributed by atoms with Crippen molar-refractivity contribution >= 4 is 17.3 Å². The molecule has 5 heteroatoms. The highest BCUT2D eigenvalue weighted by Gasteiger charge is 2.16. The fourth-order valence-corrected chi connectivity index (χ4v) is 2.80. The zero-order valence-electron chi connectivity index (χ0n) is 14.5. The summed E-state index contributed by atoms with van der Waals surface area (Å²) in [6.07, 6.45) is 0.934. The van der Waals surface area contributed by atoms with E-state index in [4.69, 9.17) is 9.47 Å². The molecule has 0 atom stereocenters. The Hall–Kier alpha value is -2.53. The van der Waals surface area contributed by atoms with Gasteiger partial charge in [0.15, 0.2) is 0 Å². The number of hydrogen-bond acceptors (Lipinski definition) is 4. The maximum Gasteiger partial charge on any atom is 0.255 e. The molecule has 3 rings (SSSR count). The minimum atomic E-state index is -0.136. The first-order valence-corrected chi connectivity index (χ1v) is 8.74. The topological polar surface area (TPSA) is 50.8 Å². The van der Waals surface area contributed by atoms with E-state index in [2.05, 4.69) is 17.1 Å². The van der Waals surface area contributed by atoms with Crippen LogP contribution in [-0.2, 0) is 4.74 Å². The Labute approximate surface area is 148 Å². The van der Waals surface area contributed by atoms with Gasteiger partial charge in [0.2, 0.25) is 0 Å². The quantitative estimate of drug-likeness (QED) is 0.873. The number of hydrogen-bond donors (Lipinski definition) is 1. The summed E-state index contributed by atoms with van der Waals surface area (Å²) in [5.74, 6) is 0.582. The third-order valence-corrected chi connectivity index (χ3v) is 4.07. The standard InChI is InChI=1S/C20H24N2O3/c1-2-12-25-17-7-5-6-16(15-17)20(23)21-18-8-3-4-9-19(18)22-10-13-24-14-11-22/h3-9,15H,2,10-14H2,1H3,(H,21,23). The minimum Gasteiger partial charge on any atom is -0.494 e. The van der Waals surface area contributed by atoms with Crippen LogP contribution >= 0.6 is 0 Å². The number of morpholine rings is 1. The lowest BCUT2D eigenvalue weighted by Gasteiger charge is -2.30. The van der Waals surface area contributed by atoms with Crippen molar-refractivity contribution in [1.82, 2.24) is 0 Å². The molecule has 5 nitrogen and oxygen atoms in total. The van der Waals surface area contributed by atoms with Gasteiger partial charge in [-0.3, -0.25) is 4.79 Å². The fraction of sp³-hybridized carbons (Fsp3) is 0.350. The second-order valence-corrected chi connectivity index (χ2v) is 5.95. The van der Waals surface area contributed by atoms with Crippen LogP contribution in [0.1, 0.15) is 23.7 Å². The first-order valence-electron chi connectivity index (χ1n) is 8.74. The molecule has 0 aliphatic carbocycles. The van der Waals surface area contributed by atoms with Gasteiger partial charge in [0.05, 0.1) is 31.2 Å². The fourth-order valence-electron chi connectivity index (χ4n) is 2.80. The van der Waals surface area contributed by atoms with Crippen LogP contribution in [0.5, 0.6) is 5.75 Å². The molecule has 0 aromatic heterocycles. The molecule has 1 aliphatic rings. The van der Waals surface area contributed by atoms with Crippen LogP contribution in [0.3, 0.4) is 0 Å². The highest BCUT2D eigenvalue weighted by atomic mass is 16.5. The lowest BCUT2D eigenvalue weighted by Crippen LogP contribution is -2.36. The van der Waals surface area contributed by atoms with E-state index in [0.717, 1.165) is 36.6 Å². The number of carbonyl (C=O) groups is 1. The van der Waals surface area contributed by atoms with Gasteiger partial charge in [-0.1, -0.05) is 25.1 Å². The van der Waals surface area contributed by atoms with Crippen LogP contribution in [0.15, 0.2) is 48.5 Å². The summed E-state index contributed by atoms with van der Waals surface area (Å²) in [7, 11) is 0. The van der Waals surface area contributed by atoms with Crippen molar-refractivity contribution in [2.75, 3.05) is 43.1 Å². The van der Waals surface area contributed by atoms with E-state index >= 15 is 0 Å². The SMILES string of the molecule is CCCOc1cccc(C(=O)Nc2ccccc2N2CCOCC2)c1. The summed E-state index contributed by atoms with van der Waals surface area (Å²) < 4.78 is 11.0. The van der Waals surface area contributed by atoms with Crippen molar-refractivity contribution in [3.8, 4) is 5.75 Å². The van der Waals surface area contributed by atoms with Crippen LogP contribution in [0.2, 0.25) is 0 Å². The highest BCUT2D eigenvalue weighted by Crippen LogP contribution is 2.27. The van der Waals surface area contributed by atoms with Gasteiger partial charge in [0.25, 0.3) is 5.91 Å². The van der Waals surface area contributed by atoms with Gasteiger partial charge in [0, 0.05) is 18.7 Å². The average Bonchev–Trinajstić information content (AvgIpc) is 2.67. The van der Waals surface area contributed by atoms with Crippen molar-refractivity contribution < 1.29 is 14.3 Å². The molecule has 1 saturated heterocycles. The van der Waals surface area contributed by atoms with Gasteiger partial charge in [-0.05, 0) is 36.8 Å². The van der Waals surface area contributed by atoms with Gasteiger partial charge >= 0.3 is 0 Å². The molecule has 0 radical (unpaired) electrons. The van der Waals surface area contributed by atoms with Gasteiger partial charge < -0.3 is 19.7 Å². The average molecular weight is 340 g/mol. The molecule has 0 unspecified atom stereocenters. The van der Waals surface area contributed by atoms with E-state index in [1.165, 1.54) is 0 Å². The van der Waals surface area contributed by atoms with E-state index in [-0.39, 0.29) is 5.91 Å². The molecule has 1 aliphatic heterocycles. The van der Waals surface area contributed by atoms with Gasteiger partial charge in [0.1, 0.15) is 5.75 Å². The molecule has 1 fully saturated rings. The Balaban J connectivity index is 1.75. The van der Waals surface area contributed by atoms with Gasteiger partial charge in [-0.2, -0.15) is 0 Å². The molecular formula is C20H24N2O3. The molecule has 1 amide bonds. The van der Waals surface area contributed by atoms with Crippen LogP contribution in [0.25, 0.3) is 0 Å². The third-order valence-electron chi connectivity index (χ3n) is 4.07. The Morgan fingerprint density at radius 3 is 2.76 bits per heavy atom. The van der Waals surface area contributed by atoms with E-state index < -0.39 is 0 Å². The number of nitrogens with one attached hydrogen (secondary N) is 1. The molecule has 0 spiro atoms. The molecular weight excluding hydrogens is 316 g/mol. The number of benzene rings is 2. The van der Waals surface area contributed by atoms with E-state index in [1.807, 2.05) is 36.4 Å². The summed E-state index contributed by atoms with van der Waals surface area (Å²) in [6, 6.07) is 15.2. The number of carbonyl (C=O) groups excluding carboxylic acids is 1.